The predicted molar refractivity (Wildman–Crippen MR) is 140 cm³/mol. The maximum atomic E-state index is 15.1. The molecule has 0 radical (unpaired) electrons. The minimum atomic E-state index is -1.07. The number of para-hydroxylation sites is 1. The summed E-state index contributed by atoms with van der Waals surface area (Å²) < 4.78 is 20.6. The van der Waals surface area contributed by atoms with Gasteiger partial charge in [0.25, 0.3) is 5.91 Å². The van der Waals surface area contributed by atoms with E-state index in [4.69, 9.17) is 4.52 Å². The zero-order valence-electron chi connectivity index (χ0n) is 21.3. The highest BCUT2D eigenvalue weighted by Gasteiger charge is 2.32. The Kier molecular flexibility index (Phi) is 6.27. The van der Waals surface area contributed by atoms with Gasteiger partial charge in [-0.25, -0.2) is 14.4 Å². The van der Waals surface area contributed by atoms with Crippen molar-refractivity contribution in [2.75, 3.05) is 29.4 Å². The van der Waals surface area contributed by atoms with E-state index in [0.29, 0.717) is 24.4 Å². The van der Waals surface area contributed by atoms with Gasteiger partial charge in [-0.3, -0.25) is 4.79 Å². The number of carbonyl (C=O) groups excluding carboxylic acids is 1. The number of rotatable bonds is 5. The maximum absolute atomic E-state index is 15.1. The third-order valence-electron chi connectivity index (χ3n) is 7.48. The van der Waals surface area contributed by atoms with Gasteiger partial charge in [0.1, 0.15) is 24.1 Å². The summed E-state index contributed by atoms with van der Waals surface area (Å²) >= 11 is 0. The van der Waals surface area contributed by atoms with Crippen LogP contribution in [-0.2, 0) is 4.79 Å². The van der Waals surface area contributed by atoms with Gasteiger partial charge >= 0.3 is 0 Å². The molecule has 2 aromatic carbocycles. The number of carbonyl (C=O) groups is 1. The largest absolute Gasteiger partial charge is 0.383 e. The van der Waals surface area contributed by atoms with Crippen LogP contribution in [0.3, 0.4) is 0 Å². The van der Waals surface area contributed by atoms with Crippen LogP contribution in [0, 0.1) is 5.82 Å². The molecule has 196 valence electrons. The Bertz CT molecular complexity index is 1500. The minimum absolute atomic E-state index is 0.177. The van der Waals surface area contributed by atoms with Gasteiger partial charge in [0, 0.05) is 48.8 Å². The lowest BCUT2D eigenvalue weighted by atomic mass is 9.95. The Labute approximate surface area is 219 Å². The van der Waals surface area contributed by atoms with Crippen molar-refractivity contribution in [1.82, 2.24) is 20.1 Å². The first kappa shape index (κ1) is 24.4. The van der Waals surface area contributed by atoms with Gasteiger partial charge in [0.05, 0.1) is 11.2 Å². The summed E-state index contributed by atoms with van der Waals surface area (Å²) in [4.78, 5) is 29.5. The zero-order valence-corrected chi connectivity index (χ0v) is 21.3. The molecule has 2 aliphatic heterocycles. The molecule has 10 heteroatoms. The second-order valence-electron chi connectivity index (χ2n) is 10.3. The van der Waals surface area contributed by atoms with Gasteiger partial charge in [0.15, 0.2) is 5.82 Å². The zero-order chi connectivity index (χ0) is 26.4. The van der Waals surface area contributed by atoms with Crippen molar-refractivity contribution >= 4 is 28.3 Å². The number of hydrogen-bond donors (Lipinski definition) is 1. The summed E-state index contributed by atoms with van der Waals surface area (Å²) in [6.45, 7) is 5.97. The number of aliphatic hydroxyl groups excluding tert-OH is 1. The second kappa shape index (κ2) is 9.75. The predicted octanol–water partition coefficient (Wildman–Crippen LogP) is 4.42. The van der Waals surface area contributed by atoms with Gasteiger partial charge in [-0.1, -0.05) is 37.2 Å². The van der Waals surface area contributed by atoms with E-state index in [1.807, 2.05) is 32.0 Å². The van der Waals surface area contributed by atoms with Crippen LogP contribution in [-0.4, -0.2) is 56.9 Å². The number of anilines is 2. The molecular weight excluding hydrogens is 487 g/mol. The van der Waals surface area contributed by atoms with Gasteiger partial charge in [-0.15, -0.1) is 0 Å². The normalized spacial score (nSPS) is 18.8. The number of aromatic nitrogens is 4. The summed E-state index contributed by atoms with van der Waals surface area (Å²) in [5.41, 5.74) is 2.35. The van der Waals surface area contributed by atoms with Crippen LogP contribution in [0.2, 0.25) is 0 Å². The van der Waals surface area contributed by atoms with E-state index < -0.39 is 17.8 Å². The Morgan fingerprint density at radius 3 is 2.58 bits per heavy atom. The van der Waals surface area contributed by atoms with E-state index in [1.165, 1.54) is 11.0 Å². The highest BCUT2D eigenvalue weighted by molar-refractivity contribution is 6.01. The Balaban J connectivity index is 1.26. The monoisotopic (exact) mass is 516 g/mol. The fourth-order valence-electron chi connectivity index (χ4n) is 5.35. The summed E-state index contributed by atoms with van der Waals surface area (Å²) in [5.74, 6) is 1.77. The Morgan fingerprint density at radius 2 is 1.89 bits per heavy atom. The molecule has 6 rings (SSSR count). The highest BCUT2D eigenvalue weighted by Crippen LogP contribution is 2.36. The van der Waals surface area contributed by atoms with Gasteiger partial charge in [-0.05, 0) is 36.6 Å². The molecule has 9 nitrogen and oxygen atoms in total. The SMILES string of the molecule is CC(C)c1nc(C2CCN(c3ncnc4c(-c5ccc(N6CCC(O)C6=O)c(F)c5)cccc34)CC2)no1. The van der Waals surface area contributed by atoms with E-state index in [0.717, 1.165) is 54.0 Å². The van der Waals surface area contributed by atoms with E-state index in [2.05, 4.69) is 25.0 Å². The van der Waals surface area contributed by atoms with Crippen molar-refractivity contribution < 1.29 is 18.8 Å². The maximum Gasteiger partial charge on any atom is 0.255 e. The third kappa shape index (κ3) is 4.28. The lowest BCUT2D eigenvalue weighted by Crippen LogP contribution is -2.34. The van der Waals surface area contributed by atoms with Crippen molar-refractivity contribution in [3.63, 3.8) is 0 Å². The van der Waals surface area contributed by atoms with Crippen molar-refractivity contribution in [3.05, 3.63) is 60.3 Å². The molecular formula is C28H29FN6O3. The molecule has 1 atom stereocenters. The number of fused-ring (bicyclic) bond motifs is 1. The molecule has 0 aliphatic carbocycles. The van der Waals surface area contributed by atoms with Crippen LogP contribution in [0.1, 0.15) is 56.7 Å². The number of hydrogen-bond acceptors (Lipinski definition) is 8. The van der Waals surface area contributed by atoms with E-state index in [-0.39, 0.29) is 17.5 Å². The summed E-state index contributed by atoms with van der Waals surface area (Å²) in [6.07, 6.45) is 2.56. The highest BCUT2D eigenvalue weighted by atomic mass is 19.1. The topological polar surface area (TPSA) is 108 Å². The first-order valence-corrected chi connectivity index (χ1v) is 13.0. The van der Waals surface area contributed by atoms with Crippen LogP contribution in [0.15, 0.2) is 47.2 Å². The average Bonchev–Trinajstić information content (AvgIpc) is 3.56. The first-order valence-electron chi connectivity index (χ1n) is 13.0. The molecule has 1 amide bonds. The van der Waals surface area contributed by atoms with Crippen LogP contribution in [0.4, 0.5) is 15.9 Å². The molecule has 4 heterocycles. The second-order valence-corrected chi connectivity index (χ2v) is 10.3. The van der Waals surface area contributed by atoms with Crippen LogP contribution < -0.4 is 9.80 Å². The van der Waals surface area contributed by atoms with E-state index in [1.54, 1.807) is 18.5 Å². The van der Waals surface area contributed by atoms with E-state index >= 15 is 4.39 Å². The lowest BCUT2D eigenvalue weighted by Gasteiger charge is -2.32. The average molecular weight is 517 g/mol. The van der Waals surface area contributed by atoms with Gasteiger partial charge in [0.2, 0.25) is 5.89 Å². The van der Waals surface area contributed by atoms with Crippen molar-refractivity contribution in [3.8, 4) is 11.1 Å². The quantitative estimate of drug-likeness (QED) is 0.415. The summed E-state index contributed by atoms with van der Waals surface area (Å²) in [6, 6.07) is 10.6. The number of piperidine rings is 1. The fourth-order valence-corrected chi connectivity index (χ4v) is 5.35. The Hall–Kier alpha value is -3.92. The van der Waals surface area contributed by atoms with Crippen LogP contribution in [0.25, 0.3) is 22.0 Å². The molecule has 1 N–H and O–H groups in total. The molecule has 0 saturated carbocycles. The van der Waals surface area contributed by atoms with Gasteiger partial charge in [-0.2, -0.15) is 4.98 Å². The van der Waals surface area contributed by atoms with Crippen molar-refractivity contribution in [2.24, 2.45) is 0 Å². The standard InChI is InChI=1S/C28H29FN6O3/c1-16(2)27-32-25(33-38-27)17-8-11-34(12-9-17)26-20-5-3-4-19(24(20)30-15-31-26)18-6-7-22(21(29)14-18)35-13-10-23(36)28(35)37/h3-7,14-17,23,36H,8-13H2,1-2H3. The lowest BCUT2D eigenvalue weighted by molar-refractivity contribution is -0.124. The van der Waals surface area contributed by atoms with Crippen molar-refractivity contribution in [1.29, 1.82) is 0 Å². The van der Waals surface area contributed by atoms with Gasteiger partial charge < -0.3 is 19.4 Å². The smallest absolute Gasteiger partial charge is 0.255 e. The molecule has 0 bridgehead atoms. The molecule has 4 aromatic rings. The van der Waals surface area contributed by atoms with Crippen LogP contribution >= 0.6 is 0 Å². The summed E-state index contributed by atoms with van der Waals surface area (Å²) in [5, 5.41) is 14.9. The summed E-state index contributed by atoms with van der Waals surface area (Å²) in [7, 11) is 0. The first-order chi connectivity index (χ1) is 18.4. The van der Waals surface area contributed by atoms with E-state index in [9.17, 15) is 9.90 Å². The molecule has 1 unspecified atom stereocenters. The van der Waals surface area contributed by atoms with Crippen molar-refractivity contribution in [2.45, 2.75) is 51.0 Å². The number of benzene rings is 2. The Morgan fingerprint density at radius 1 is 1.08 bits per heavy atom. The minimum Gasteiger partial charge on any atom is -0.383 e. The van der Waals surface area contributed by atoms with Crippen LogP contribution in [0.5, 0.6) is 0 Å². The fraction of sp³-hybridized carbons (Fsp3) is 0.393. The number of amides is 1. The molecule has 2 saturated heterocycles. The molecule has 2 aromatic heterocycles. The molecule has 38 heavy (non-hydrogen) atoms. The third-order valence-corrected chi connectivity index (χ3v) is 7.48. The number of nitrogens with zero attached hydrogens (tertiary/aromatic N) is 6. The molecule has 2 fully saturated rings. The molecule has 0 spiro atoms. The molecule has 2 aliphatic rings. The number of halogens is 1. The number of aliphatic hydroxyl groups is 1.